The van der Waals surface area contributed by atoms with Crippen molar-refractivity contribution in [1.82, 2.24) is 9.80 Å². The lowest BCUT2D eigenvalue weighted by Crippen LogP contribution is -2.31. The number of hydrogen-bond acceptors (Lipinski definition) is 2. The van der Waals surface area contributed by atoms with E-state index in [1.807, 2.05) is 46.2 Å². The topological polar surface area (TPSA) is 40.6 Å². The summed E-state index contributed by atoms with van der Waals surface area (Å²) < 4.78 is 0. The Morgan fingerprint density at radius 1 is 0.559 bits per heavy atom. The third kappa shape index (κ3) is 11.0. The number of nitrogens with zero attached hydrogens (tertiary/aromatic N) is 2. The van der Waals surface area contributed by atoms with Gasteiger partial charge in [-0.15, -0.1) is 0 Å². The van der Waals surface area contributed by atoms with Crippen molar-refractivity contribution in [1.29, 1.82) is 0 Å². The molecular weight excluding hydrogens is 420 g/mol. The van der Waals surface area contributed by atoms with Crippen LogP contribution in [-0.4, -0.2) is 34.7 Å². The van der Waals surface area contributed by atoms with E-state index in [0.29, 0.717) is 25.9 Å². The van der Waals surface area contributed by atoms with Gasteiger partial charge in [-0.05, 0) is 36.8 Å². The molecule has 2 rings (SSSR count). The first kappa shape index (κ1) is 27.6. The molecule has 0 bridgehead atoms. The highest BCUT2D eigenvalue weighted by molar-refractivity contribution is 5.76. The standard InChI is InChI=1S/C30H44N2O2/c1-3-17-29(33)31(25-27-19-11-9-12-20-27)23-15-7-5-6-8-16-24-32(30(34)18-4-2)26-28-21-13-10-14-22-28/h9-14,19-22H,3-8,15-18,23-26H2,1-2H3. The molecule has 0 radical (unpaired) electrons. The molecule has 0 aliphatic carbocycles. The van der Waals surface area contributed by atoms with Gasteiger partial charge in [0.2, 0.25) is 11.8 Å². The lowest BCUT2D eigenvalue weighted by molar-refractivity contribution is -0.132. The lowest BCUT2D eigenvalue weighted by atomic mass is 10.1. The predicted molar refractivity (Wildman–Crippen MR) is 141 cm³/mol. The molecule has 0 aliphatic heterocycles. The minimum atomic E-state index is 0.265. The smallest absolute Gasteiger partial charge is 0.222 e. The summed E-state index contributed by atoms with van der Waals surface area (Å²) in [5.74, 6) is 0.531. The second-order valence-electron chi connectivity index (χ2n) is 9.22. The van der Waals surface area contributed by atoms with Crippen molar-refractivity contribution in [3.05, 3.63) is 71.8 Å². The number of benzene rings is 2. The maximum atomic E-state index is 12.5. The van der Waals surface area contributed by atoms with E-state index >= 15 is 0 Å². The fourth-order valence-electron chi connectivity index (χ4n) is 4.25. The van der Waals surface area contributed by atoms with Gasteiger partial charge in [0.25, 0.3) is 0 Å². The number of carbonyl (C=O) groups excluding carboxylic acids is 2. The Bertz CT molecular complexity index is 738. The summed E-state index contributed by atoms with van der Waals surface area (Å²) in [5.41, 5.74) is 2.40. The van der Waals surface area contributed by atoms with Crippen LogP contribution in [-0.2, 0) is 22.7 Å². The van der Waals surface area contributed by atoms with E-state index < -0.39 is 0 Å². The molecule has 2 amide bonds. The van der Waals surface area contributed by atoms with Crippen molar-refractivity contribution < 1.29 is 9.59 Å². The molecule has 0 atom stereocenters. The summed E-state index contributed by atoms with van der Waals surface area (Å²) in [6.07, 6.45) is 9.81. The summed E-state index contributed by atoms with van der Waals surface area (Å²) in [6.45, 7) is 7.23. The van der Waals surface area contributed by atoms with Gasteiger partial charge in [0.15, 0.2) is 0 Å². The molecule has 4 heteroatoms. The number of carbonyl (C=O) groups is 2. The van der Waals surface area contributed by atoms with Crippen LogP contribution in [0.2, 0.25) is 0 Å². The maximum absolute atomic E-state index is 12.5. The SMILES string of the molecule is CCCC(=O)N(CCCCCCCCN(Cc1ccccc1)C(=O)CCC)Cc1ccccc1. The fraction of sp³-hybridized carbons (Fsp3) is 0.533. The highest BCUT2D eigenvalue weighted by Gasteiger charge is 2.14. The molecule has 0 spiro atoms. The van der Waals surface area contributed by atoms with Gasteiger partial charge < -0.3 is 9.80 Å². The van der Waals surface area contributed by atoms with E-state index in [-0.39, 0.29) is 11.8 Å². The zero-order valence-electron chi connectivity index (χ0n) is 21.4. The molecule has 0 saturated carbocycles. The Morgan fingerprint density at radius 3 is 1.26 bits per heavy atom. The molecule has 0 heterocycles. The normalized spacial score (nSPS) is 10.8. The Kier molecular flexibility index (Phi) is 13.7. The number of rotatable bonds is 17. The van der Waals surface area contributed by atoms with E-state index in [0.717, 1.165) is 51.6 Å². The Hall–Kier alpha value is -2.62. The van der Waals surface area contributed by atoms with Crippen molar-refractivity contribution in [2.45, 2.75) is 91.1 Å². The molecule has 0 fully saturated rings. The van der Waals surface area contributed by atoms with Crippen LogP contribution in [0.4, 0.5) is 0 Å². The van der Waals surface area contributed by atoms with Crippen LogP contribution >= 0.6 is 0 Å². The number of hydrogen-bond donors (Lipinski definition) is 0. The van der Waals surface area contributed by atoms with Gasteiger partial charge in [-0.3, -0.25) is 9.59 Å². The first-order chi connectivity index (χ1) is 16.6. The fourth-order valence-corrected chi connectivity index (χ4v) is 4.25. The Labute approximate surface area is 207 Å². The minimum Gasteiger partial charge on any atom is -0.338 e. The molecule has 2 aromatic carbocycles. The van der Waals surface area contributed by atoms with E-state index in [1.54, 1.807) is 0 Å². The minimum absolute atomic E-state index is 0.265. The first-order valence-electron chi connectivity index (χ1n) is 13.3. The highest BCUT2D eigenvalue weighted by Crippen LogP contribution is 2.13. The van der Waals surface area contributed by atoms with Crippen LogP contribution in [0.3, 0.4) is 0 Å². The van der Waals surface area contributed by atoms with E-state index in [1.165, 1.54) is 24.0 Å². The third-order valence-corrected chi connectivity index (χ3v) is 6.17. The summed E-state index contributed by atoms with van der Waals surface area (Å²) in [4.78, 5) is 29.1. The molecule has 186 valence electrons. The van der Waals surface area contributed by atoms with Crippen LogP contribution in [0.5, 0.6) is 0 Å². The largest absolute Gasteiger partial charge is 0.338 e. The van der Waals surface area contributed by atoms with Crippen molar-refractivity contribution >= 4 is 11.8 Å². The Balaban J connectivity index is 1.67. The first-order valence-corrected chi connectivity index (χ1v) is 13.3. The molecular formula is C30H44N2O2. The summed E-state index contributed by atoms with van der Waals surface area (Å²) in [7, 11) is 0. The average molecular weight is 465 g/mol. The van der Waals surface area contributed by atoms with E-state index in [2.05, 4.69) is 38.1 Å². The molecule has 0 saturated heterocycles. The molecule has 0 N–H and O–H groups in total. The zero-order chi connectivity index (χ0) is 24.4. The molecule has 34 heavy (non-hydrogen) atoms. The summed E-state index contributed by atoms with van der Waals surface area (Å²) >= 11 is 0. The van der Waals surface area contributed by atoms with Gasteiger partial charge in [-0.1, -0.05) is 100 Å². The number of unbranched alkanes of at least 4 members (excludes halogenated alkanes) is 5. The third-order valence-electron chi connectivity index (χ3n) is 6.17. The van der Waals surface area contributed by atoms with Crippen LogP contribution in [0, 0.1) is 0 Å². The van der Waals surface area contributed by atoms with Crippen molar-refractivity contribution in [3.63, 3.8) is 0 Å². The molecule has 0 aliphatic rings. The predicted octanol–water partition coefficient (Wildman–Crippen LogP) is 6.98. The Morgan fingerprint density at radius 2 is 0.912 bits per heavy atom. The van der Waals surface area contributed by atoms with Gasteiger partial charge >= 0.3 is 0 Å². The van der Waals surface area contributed by atoms with Crippen LogP contribution in [0.1, 0.15) is 89.2 Å². The van der Waals surface area contributed by atoms with Crippen molar-refractivity contribution in [3.8, 4) is 0 Å². The second-order valence-corrected chi connectivity index (χ2v) is 9.22. The molecule has 2 aromatic rings. The summed E-state index contributed by atoms with van der Waals surface area (Å²) in [6, 6.07) is 20.6. The van der Waals surface area contributed by atoms with Gasteiger partial charge in [-0.2, -0.15) is 0 Å². The summed E-state index contributed by atoms with van der Waals surface area (Å²) in [5, 5.41) is 0. The lowest BCUT2D eigenvalue weighted by Gasteiger charge is -2.23. The van der Waals surface area contributed by atoms with Crippen LogP contribution in [0.25, 0.3) is 0 Å². The maximum Gasteiger partial charge on any atom is 0.222 e. The second kappa shape index (κ2) is 16.9. The zero-order valence-corrected chi connectivity index (χ0v) is 21.4. The van der Waals surface area contributed by atoms with Gasteiger partial charge in [0.1, 0.15) is 0 Å². The highest BCUT2D eigenvalue weighted by atomic mass is 16.2. The van der Waals surface area contributed by atoms with Gasteiger partial charge in [0, 0.05) is 39.0 Å². The van der Waals surface area contributed by atoms with Crippen LogP contribution in [0.15, 0.2) is 60.7 Å². The van der Waals surface area contributed by atoms with Gasteiger partial charge in [0.05, 0.1) is 0 Å². The number of amides is 2. The average Bonchev–Trinajstić information content (AvgIpc) is 2.85. The van der Waals surface area contributed by atoms with E-state index in [9.17, 15) is 9.59 Å². The van der Waals surface area contributed by atoms with Gasteiger partial charge in [-0.25, -0.2) is 0 Å². The monoisotopic (exact) mass is 464 g/mol. The van der Waals surface area contributed by atoms with E-state index in [4.69, 9.17) is 0 Å². The molecule has 4 nitrogen and oxygen atoms in total. The van der Waals surface area contributed by atoms with Crippen LogP contribution < -0.4 is 0 Å². The molecule has 0 aromatic heterocycles. The van der Waals surface area contributed by atoms with Crippen molar-refractivity contribution in [2.24, 2.45) is 0 Å². The quantitative estimate of drug-likeness (QED) is 0.237. The molecule has 0 unspecified atom stereocenters. The van der Waals surface area contributed by atoms with Crippen molar-refractivity contribution in [2.75, 3.05) is 13.1 Å².